The van der Waals surface area contributed by atoms with Crippen molar-refractivity contribution in [2.45, 2.75) is 65.3 Å². The largest absolute Gasteiger partial charge is 0.367 e. The summed E-state index contributed by atoms with van der Waals surface area (Å²) < 4.78 is 0. The van der Waals surface area contributed by atoms with E-state index in [1.54, 1.807) is 0 Å². The van der Waals surface area contributed by atoms with Crippen molar-refractivity contribution >= 4 is 5.82 Å². The van der Waals surface area contributed by atoms with Gasteiger partial charge in [-0.3, -0.25) is 0 Å². The molecule has 23 heavy (non-hydrogen) atoms. The number of aromatic nitrogens is 2. The molecule has 1 aliphatic rings. The SMILES string of the molecule is CCc1nnc(NCCC(C)N2CCCCC2)c(C#N)c1CC. The van der Waals surface area contributed by atoms with Crippen LogP contribution in [0.1, 0.15) is 63.3 Å². The molecule has 0 aromatic carbocycles. The fourth-order valence-electron chi connectivity index (χ4n) is 3.36. The average Bonchev–Trinajstić information content (AvgIpc) is 2.61. The van der Waals surface area contributed by atoms with Gasteiger partial charge in [0, 0.05) is 12.6 Å². The molecule has 1 aromatic rings. The number of piperidine rings is 1. The third-order valence-corrected chi connectivity index (χ3v) is 4.83. The van der Waals surface area contributed by atoms with E-state index in [1.807, 2.05) is 0 Å². The highest BCUT2D eigenvalue weighted by Gasteiger charge is 2.17. The molecule has 1 fully saturated rings. The topological polar surface area (TPSA) is 64.8 Å². The molecule has 2 rings (SSSR count). The summed E-state index contributed by atoms with van der Waals surface area (Å²) in [6.45, 7) is 9.68. The van der Waals surface area contributed by atoms with E-state index >= 15 is 0 Å². The maximum atomic E-state index is 9.50. The molecule has 1 aromatic heterocycles. The minimum Gasteiger partial charge on any atom is -0.367 e. The smallest absolute Gasteiger partial charge is 0.166 e. The molecule has 126 valence electrons. The summed E-state index contributed by atoms with van der Waals surface area (Å²) in [5.74, 6) is 0.646. The lowest BCUT2D eigenvalue weighted by Gasteiger charge is -2.32. The third kappa shape index (κ3) is 4.42. The monoisotopic (exact) mass is 315 g/mol. The summed E-state index contributed by atoms with van der Waals surface area (Å²) in [6, 6.07) is 2.89. The van der Waals surface area contributed by atoms with Gasteiger partial charge < -0.3 is 10.2 Å². The van der Waals surface area contributed by atoms with E-state index in [0.717, 1.165) is 37.1 Å². The third-order valence-electron chi connectivity index (χ3n) is 4.83. The number of aryl methyl sites for hydroxylation is 1. The Hall–Kier alpha value is -1.67. The van der Waals surface area contributed by atoms with Crippen molar-refractivity contribution in [2.24, 2.45) is 0 Å². The molecule has 0 aliphatic carbocycles. The van der Waals surface area contributed by atoms with E-state index in [9.17, 15) is 5.26 Å². The number of nitrogens with one attached hydrogen (secondary N) is 1. The second-order valence-corrected chi connectivity index (χ2v) is 6.33. The molecular weight excluding hydrogens is 286 g/mol. The van der Waals surface area contributed by atoms with Crippen LogP contribution in [-0.2, 0) is 12.8 Å². The Balaban J connectivity index is 1.96. The van der Waals surface area contributed by atoms with Crippen LogP contribution in [0.15, 0.2) is 0 Å². The van der Waals surface area contributed by atoms with E-state index in [4.69, 9.17) is 0 Å². The van der Waals surface area contributed by atoms with E-state index in [0.29, 0.717) is 17.4 Å². The second kappa shape index (κ2) is 8.83. The van der Waals surface area contributed by atoms with Gasteiger partial charge in [0.1, 0.15) is 11.6 Å². The van der Waals surface area contributed by atoms with Crippen molar-refractivity contribution in [1.29, 1.82) is 5.26 Å². The molecule has 2 heterocycles. The van der Waals surface area contributed by atoms with Gasteiger partial charge in [0.25, 0.3) is 0 Å². The van der Waals surface area contributed by atoms with E-state index in [2.05, 4.69) is 47.3 Å². The first kappa shape index (κ1) is 17.7. The lowest BCUT2D eigenvalue weighted by Crippen LogP contribution is -2.38. The molecule has 5 nitrogen and oxygen atoms in total. The maximum Gasteiger partial charge on any atom is 0.166 e. The standard InChI is InChI=1S/C18H29N5/c1-4-15-16(13-19)18(22-21-17(15)5-2)20-10-9-14(3)23-11-7-6-8-12-23/h14H,4-12H2,1-3H3,(H,20,22). The van der Waals surface area contributed by atoms with E-state index in [-0.39, 0.29) is 0 Å². The predicted molar refractivity (Wildman–Crippen MR) is 93.5 cm³/mol. The second-order valence-electron chi connectivity index (χ2n) is 6.33. The first-order chi connectivity index (χ1) is 11.2. The zero-order chi connectivity index (χ0) is 16.7. The predicted octanol–water partition coefficient (Wildman–Crippen LogP) is 3.15. The number of nitrogens with zero attached hydrogens (tertiary/aromatic N) is 4. The number of hydrogen-bond acceptors (Lipinski definition) is 5. The highest BCUT2D eigenvalue weighted by Crippen LogP contribution is 2.20. The van der Waals surface area contributed by atoms with Gasteiger partial charge in [-0.2, -0.15) is 10.4 Å². The molecular formula is C18H29N5. The molecule has 5 heteroatoms. The van der Waals surface area contributed by atoms with Crippen molar-refractivity contribution in [2.75, 3.05) is 25.0 Å². The Morgan fingerprint density at radius 2 is 1.91 bits per heavy atom. The Kier molecular flexibility index (Phi) is 6.79. The number of hydrogen-bond donors (Lipinski definition) is 1. The minimum atomic E-state index is 0.571. The van der Waals surface area contributed by atoms with Crippen molar-refractivity contribution in [3.8, 4) is 6.07 Å². The van der Waals surface area contributed by atoms with Crippen molar-refractivity contribution < 1.29 is 0 Å². The van der Waals surface area contributed by atoms with E-state index in [1.165, 1.54) is 32.4 Å². The summed E-state index contributed by atoms with van der Waals surface area (Å²) in [7, 11) is 0. The molecule has 0 amide bonds. The lowest BCUT2D eigenvalue weighted by atomic mass is 10.0. The Bertz CT molecular complexity index is 543. The fraction of sp³-hybridized carbons (Fsp3) is 0.722. The molecule has 0 radical (unpaired) electrons. The van der Waals surface area contributed by atoms with Crippen LogP contribution in [0.3, 0.4) is 0 Å². The van der Waals surface area contributed by atoms with Gasteiger partial charge in [0.2, 0.25) is 0 Å². The Morgan fingerprint density at radius 3 is 2.52 bits per heavy atom. The van der Waals surface area contributed by atoms with Gasteiger partial charge in [-0.25, -0.2) is 0 Å². The Labute approximate surface area is 140 Å². The molecule has 1 atom stereocenters. The van der Waals surface area contributed by atoms with E-state index < -0.39 is 0 Å². The molecule has 0 bridgehead atoms. The number of rotatable bonds is 7. The van der Waals surface area contributed by atoms with Gasteiger partial charge in [-0.1, -0.05) is 20.3 Å². The van der Waals surface area contributed by atoms with Crippen LogP contribution >= 0.6 is 0 Å². The quantitative estimate of drug-likeness (QED) is 0.837. The molecule has 1 unspecified atom stereocenters. The molecule has 0 spiro atoms. The van der Waals surface area contributed by atoms with Crippen LogP contribution in [0.5, 0.6) is 0 Å². The Morgan fingerprint density at radius 1 is 1.17 bits per heavy atom. The molecule has 1 N–H and O–H groups in total. The van der Waals surface area contributed by atoms with Crippen LogP contribution in [0.4, 0.5) is 5.82 Å². The van der Waals surface area contributed by atoms with Crippen LogP contribution in [0.25, 0.3) is 0 Å². The van der Waals surface area contributed by atoms with Crippen molar-refractivity contribution in [3.05, 3.63) is 16.8 Å². The zero-order valence-corrected chi connectivity index (χ0v) is 14.7. The van der Waals surface area contributed by atoms with Crippen molar-refractivity contribution in [3.63, 3.8) is 0 Å². The molecule has 1 aliphatic heterocycles. The lowest BCUT2D eigenvalue weighted by molar-refractivity contribution is 0.169. The highest BCUT2D eigenvalue weighted by atomic mass is 15.2. The van der Waals surface area contributed by atoms with Gasteiger partial charge in [-0.15, -0.1) is 5.10 Å². The maximum absolute atomic E-state index is 9.50. The fourth-order valence-corrected chi connectivity index (χ4v) is 3.36. The number of nitriles is 1. The van der Waals surface area contributed by atoms with Crippen LogP contribution < -0.4 is 5.32 Å². The number of likely N-dealkylation sites (tertiary alicyclic amines) is 1. The van der Waals surface area contributed by atoms with Crippen LogP contribution in [0, 0.1) is 11.3 Å². The zero-order valence-electron chi connectivity index (χ0n) is 14.7. The first-order valence-corrected chi connectivity index (χ1v) is 8.97. The summed E-state index contributed by atoms with van der Waals surface area (Å²) >= 11 is 0. The molecule has 1 saturated heterocycles. The summed E-state index contributed by atoms with van der Waals surface area (Å²) in [5, 5.41) is 21.4. The van der Waals surface area contributed by atoms with Crippen LogP contribution in [0.2, 0.25) is 0 Å². The average molecular weight is 315 g/mol. The molecule has 0 saturated carbocycles. The van der Waals surface area contributed by atoms with Gasteiger partial charge in [0.05, 0.1) is 5.69 Å². The minimum absolute atomic E-state index is 0.571. The summed E-state index contributed by atoms with van der Waals surface area (Å²) in [6.07, 6.45) is 6.70. The van der Waals surface area contributed by atoms with Gasteiger partial charge >= 0.3 is 0 Å². The van der Waals surface area contributed by atoms with Crippen LogP contribution in [-0.4, -0.2) is 40.8 Å². The first-order valence-electron chi connectivity index (χ1n) is 8.97. The highest BCUT2D eigenvalue weighted by molar-refractivity contribution is 5.56. The summed E-state index contributed by atoms with van der Waals surface area (Å²) in [4.78, 5) is 2.57. The normalized spacial score (nSPS) is 16.8. The van der Waals surface area contributed by atoms with Crippen molar-refractivity contribution in [1.82, 2.24) is 15.1 Å². The van der Waals surface area contributed by atoms with Gasteiger partial charge in [0.15, 0.2) is 5.82 Å². The number of anilines is 1. The van der Waals surface area contributed by atoms with Gasteiger partial charge in [-0.05, 0) is 57.7 Å². The summed E-state index contributed by atoms with van der Waals surface area (Å²) in [5.41, 5.74) is 2.65.